The highest BCUT2D eigenvalue weighted by Gasteiger charge is 2.18. The summed E-state index contributed by atoms with van der Waals surface area (Å²) >= 11 is 3.33. The molecule has 1 rings (SSSR count). The Labute approximate surface area is 69.5 Å². The van der Waals surface area contributed by atoms with Crippen LogP contribution in [0.15, 0.2) is 0 Å². The van der Waals surface area contributed by atoms with Gasteiger partial charge in [0.05, 0.1) is 0 Å². The molecule has 0 saturated carbocycles. The monoisotopic (exact) mass is 205 g/mol. The third kappa shape index (κ3) is 1.97. The third-order valence-corrected chi connectivity index (χ3v) is 2.62. The summed E-state index contributed by atoms with van der Waals surface area (Å²) in [6.07, 6.45) is 3.35. The molecule has 1 aliphatic heterocycles. The molecule has 0 bridgehead atoms. The van der Waals surface area contributed by atoms with Crippen LogP contribution in [0.5, 0.6) is 0 Å². The van der Waals surface area contributed by atoms with Gasteiger partial charge in [-0.2, -0.15) is 0 Å². The van der Waals surface area contributed by atoms with E-state index in [0.29, 0.717) is 0 Å². The first-order valence-corrected chi connectivity index (χ1v) is 4.80. The molecule has 0 aromatic heterocycles. The van der Waals surface area contributed by atoms with Crippen molar-refractivity contribution in [3.63, 3.8) is 0 Å². The van der Waals surface area contributed by atoms with E-state index in [2.05, 4.69) is 21.2 Å². The molecule has 10 heavy (non-hydrogen) atoms. The summed E-state index contributed by atoms with van der Waals surface area (Å²) in [5.41, 5.74) is 0. The van der Waals surface area contributed by atoms with Crippen molar-refractivity contribution in [2.24, 2.45) is 5.92 Å². The Bertz CT molecular complexity index is 127. The summed E-state index contributed by atoms with van der Waals surface area (Å²) in [6, 6.07) is 0. The number of hydrogen-bond donors (Lipinski definition) is 1. The number of alkyl halides is 1. The second-order valence-corrected chi connectivity index (χ2v) is 3.29. The number of amides is 1. The summed E-state index contributed by atoms with van der Waals surface area (Å²) in [5, 5.41) is 3.68. The number of hydrogen-bond acceptors (Lipinski definition) is 1. The molecule has 58 valence electrons. The van der Waals surface area contributed by atoms with Crippen molar-refractivity contribution < 1.29 is 4.79 Å². The van der Waals surface area contributed by atoms with Crippen LogP contribution in [-0.2, 0) is 4.79 Å². The van der Waals surface area contributed by atoms with Gasteiger partial charge in [0.25, 0.3) is 0 Å². The zero-order valence-electron chi connectivity index (χ0n) is 5.90. The number of halogens is 1. The second-order valence-electron chi connectivity index (χ2n) is 2.64. The molecule has 0 aliphatic carbocycles. The van der Waals surface area contributed by atoms with Crippen molar-refractivity contribution in [2.45, 2.75) is 19.3 Å². The molecule has 0 aromatic carbocycles. The molecule has 0 radical (unpaired) electrons. The number of rotatable bonds is 1. The summed E-state index contributed by atoms with van der Waals surface area (Å²) in [6.45, 7) is 0.863. The normalized spacial score (nSPS) is 27.3. The fourth-order valence-electron chi connectivity index (χ4n) is 1.15. The summed E-state index contributed by atoms with van der Waals surface area (Å²) in [7, 11) is 0. The maximum atomic E-state index is 11.1. The van der Waals surface area contributed by atoms with Gasteiger partial charge in [-0.1, -0.05) is 22.4 Å². The molecule has 1 aliphatic rings. The van der Waals surface area contributed by atoms with Crippen LogP contribution < -0.4 is 5.32 Å². The predicted molar refractivity (Wildman–Crippen MR) is 44.1 cm³/mol. The molecular formula is C7H12BrNO. The first kappa shape index (κ1) is 8.05. The minimum atomic E-state index is 0.211. The minimum Gasteiger partial charge on any atom is -0.356 e. The average Bonchev–Trinajstić information content (AvgIpc) is 2.13. The summed E-state index contributed by atoms with van der Waals surface area (Å²) in [4.78, 5) is 11.1. The largest absolute Gasteiger partial charge is 0.356 e. The molecule has 1 atom stereocenters. The van der Waals surface area contributed by atoms with Crippen LogP contribution in [0.2, 0.25) is 0 Å². The highest BCUT2D eigenvalue weighted by molar-refractivity contribution is 9.09. The topological polar surface area (TPSA) is 29.1 Å². The molecule has 0 spiro atoms. The quantitative estimate of drug-likeness (QED) is 0.643. The lowest BCUT2D eigenvalue weighted by molar-refractivity contribution is -0.123. The standard InChI is InChI=1S/C7H12BrNO/c8-5-6-3-1-2-4-9-7(6)10/h6H,1-5H2,(H,9,10). The van der Waals surface area contributed by atoms with E-state index in [1.165, 1.54) is 6.42 Å². The summed E-state index contributed by atoms with van der Waals surface area (Å²) in [5.74, 6) is 0.428. The Morgan fingerprint density at radius 1 is 1.60 bits per heavy atom. The summed E-state index contributed by atoms with van der Waals surface area (Å²) < 4.78 is 0. The average molecular weight is 206 g/mol. The van der Waals surface area contributed by atoms with Crippen molar-refractivity contribution in [1.29, 1.82) is 0 Å². The van der Waals surface area contributed by atoms with E-state index < -0.39 is 0 Å². The fourth-order valence-corrected chi connectivity index (χ4v) is 1.77. The Morgan fingerprint density at radius 2 is 2.40 bits per heavy atom. The van der Waals surface area contributed by atoms with Crippen LogP contribution in [0.4, 0.5) is 0 Å². The maximum absolute atomic E-state index is 11.1. The minimum absolute atomic E-state index is 0.211. The van der Waals surface area contributed by atoms with Crippen molar-refractivity contribution in [2.75, 3.05) is 11.9 Å². The zero-order chi connectivity index (χ0) is 7.40. The molecule has 1 unspecified atom stereocenters. The Balaban J connectivity index is 2.43. The Hall–Kier alpha value is -0.0500. The second kappa shape index (κ2) is 3.96. The van der Waals surface area contributed by atoms with Crippen LogP contribution in [0, 0.1) is 5.92 Å². The number of carbonyl (C=O) groups is 1. The van der Waals surface area contributed by atoms with Gasteiger partial charge in [0.15, 0.2) is 0 Å². The van der Waals surface area contributed by atoms with Gasteiger partial charge in [-0.05, 0) is 12.8 Å². The van der Waals surface area contributed by atoms with Gasteiger partial charge in [-0.3, -0.25) is 4.79 Å². The third-order valence-electron chi connectivity index (χ3n) is 1.84. The van der Waals surface area contributed by atoms with Crippen molar-refractivity contribution in [3.8, 4) is 0 Å². The van der Waals surface area contributed by atoms with Gasteiger partial charge in [0, 0.05) is 17.8 Å². The van der Waals surface area contributed by atoms with E-state index in [1.807, 2.05) is 0 Å². The van der Waals surface area contributed by atoms with Crippen molar-refractivity contribution in [3.05, 3.63) is 0 Å². The molecule has 1 saturated heterocycles. The van der Waals surface area contributed by atoms with E-state index in [9.17, 15) is 4.79 Å². The molecule has 1 fully saturated rings. The van der Waals surface area contributed by atoms with E-state index in [0.717, 1.165) is 24.7 Å². The zero-order valence-corrected chi connectivity index (χ0v) is 7.49. The highest BCUT2D eigenvalue weighted by atomic mass is 79.9. The Kier molecular flexibility index (Phi) is 3.19. The predicted octanol–water partition coefficient (Wildman–Crippen LogP) is 1.30. The van der Waals surface area contributed by atoms with Crippen LogP contribution in [0.25, 0.3) is 0 Å². The van der Waals surface area contributed by atoms with Crippen LogP contribution >= 0.6 is 15.9 Å². The lowest BCUT2D eigenvalue weighted by Gasteiger charge is -2.07. The molecule has 2 nitrogen and oxygen atoms in total. The van der Waals surface area contributed by atoms with Crippen LogP contribution in [0.1, 0.15) is 19.3 Å². The lowest BCUT2D eigenvalue weighted by atomic mass is 10.1. The lowest BCUT2D eigenvalue weighted by Crippen LogP contribution is -2.29. The molecule has 1 heterocycles. The molecular weight excluding hydrogens is 194 g/mol. The van der Waals surface area contributed by atoms with E-state index >= 15 is 0 Å². The number of nitrogens with one attached hydrogen (secondary N) is 1. The van der Waals surface area contributed by atoms with Gasteiger partial charge >= 0.3 is 0 Å². The van der Waals surface area contributed by atoms with Gasteiger partial charge in [0.2, 0.25) is 5.91 Å². The molecule has 1 amide bonds. The van der Waals surface area contributed by atoms with Gasteiger partial charge < -0.3 is 5.32 Å². The van der Waals surface area contributed by atoms with E-state index in [-0.39, 0.29) is 11.8 Å². The number of carbonyl (C=O) groups excluding carboxylic acids is 1. The van der Waals surface area contributed by atoms with Crippen molar-refractivity contribution in [1.82, 2.24) is 5.32 Å². The first-order chi connectivity index (χ1) is 4.84. The van der Waals surface area contributed by atoms with Crippen molar-refractivity contribution >= 4 is 21.8 Å². The van der Waals surface area contributed by atoms with E-state index in [1.54, 1.807) is 0 Å². The SMILES string of the molecule is O=C1NCCCCC1CBr. The van der Waals surface area contributed by atoms with Crippen LogP contribution in [-0.4, -0.2) is 17.8 Å². The van der Waals surface area contributed by atoms with Gasteiger partial charge in [0.1, 0.15) is 0 Å². The van der Waals surface area contributed by atoms with Crippen LogP contribution in [0.3, 0.4) is 0 Å². The molecule has 1 N–H and O–H groups in total. The van der Waals surface area contributed by atoms with Gasteiger partial charge in [-0.25, -0.2) is 0 Å². The maximum Gasteiger partial charge on any atom is 0.223 e. The van der Waals surface area contributed by atoms with Gasteiger partial charge in [-0.15, -0.1) is 0 Å². The van der Waals surface area contributed by atoms with E-state index in [4.69, 9.17) is 0 Å². The highest BCUT2D eigenvalue weighted by Crippen LogP contribution is 2.13. The fraction of sp³-hybridized carbons (Fsp3) is 0.857. The first-order valence-electron chi connectivity index (χ1n) is 3.68. The molecule has 3 heteroatoms. The Morgan fingerprint density at radius 3 is 3.10 bits per heavy atom. The molecule has 0 aromatic rings. The smallest absolute Gasteiger partial charge is 0.223 e.